The van der Waals surface area contributed by atoms with E-state index in [1.54, 1.807) is 37.4 Å². The number of nitrogens with one attached hydrogen (secondary N) is 1. The third kappa shape index (κ3) is 5.07. The molecule has 2 aromatic rings. The number of sulfonamides is 1. The maximum absolute atomic E-state index is 12.9. The third-order valence-corrected chi connectivity index (χ3v) is 6.62. The van der Waals surface area contributed by atoms with Crippen LogP contribution in [0.4, 0.5) is 5.69 Å². The van der Waals surface area contributed by atoms with Crippen molar-refractivity contribution in [2.24, 2.45) is 0 Å². The van der Waals surface area contributed by atoms with E-state index < -0.39 is 21.5 Å². The van der Waals surface area contributed by atoms with E-state index in [2.05, 4.69) is 21.2 Å². The molecule has 0 aliphatic carbocycles. The molecule has 0 aromatic heterocycles. The van der Waals surface area contributed by atoms with Crippen LogP contribution in [0.3, 0.4) is 0 Å². The quantitative estimate of drug-likeness (QED) is 0.659. The molecular formula is C21H25BrN2O5S. The van der Waals surface area contributed by atoms with Gasteiger partial charge in [-0.25, -0.2) is 8.42 Å². The van der Waals surface area contributed by atoms with Gasteiger partial charge in [-0.1, -0.05) is 12.1 Å². The molecule has 1 N–H and O–H groups in total. The average Bonchev–Trinajstić information content (AvgIpc) is 2.64. The van der Waals surface area contributed by atoms with Crippen LogP contribution in [-0.2, 0) is 14.8 Å². The van der Waals surface area contributed by atoms with Crippen molar-refractivity contribution in [3.63, 3.8) is 0 Å². The molecule has 0 saturated heterocycles. The van der Waals surface area contributed by atoms with E-state index in [-0.39, 0.29) is 12.6 Å². The Morgan fingerprint density at radius 2 is 2.00 bits per heavy atom. The molecule has 1 aliphatic rings. The lowest BCUT2D eigenvalue weighted by Crippen LogP contribution is -2.45. The summed E-state index contributed by atoms with van der Waals surface area (Å²) in [5.41, 5.74) is 0.735. The second kappa shape index (κ2) is 8.47. The van der Waals surface area contributed by atoms with Crippen LogP contribution in [0.1, 0.15) is 31.9 Å². The van der Waals surface area contributed by atoms with Crippen molar-refractivity contribution in [1.82, 2.24) is 5.32 Å². The number of rotatable bonds is 6. The Morgan fingerprint density at radius 1 is 1.30 bits per heavy atom. The van der Waals surface area contributed by atoms with Gasteiger partial charge >= 0.3 is 0 Å². The average molecular weight is 497 g/mol. The molecule has 1 aliphatic heterocycles. The highest BCUT2D eigenvalue weighted by Crippen LogP contribution is 2.41. The van der Waals surface area contributed by atoms with Crippen LogP contribution < -0.4 is 19.1 Å². The first kappa shape index (κ1) is 22.4. The first-order valence-corrected chi connectivity index (χ1v) is 12.0. The summed E-state index contributed by atoms with van der Waals surface area (Å²) >= 11 is 3.36. The first-order valence-electron chi connectivity index (χ1n) is 9.39. The van der Waals surface area contributed by atoms with Crippen molar-refractivity contribution in [3.8, 4) is 11.5 Å². The Kier molecular flexibility index (Phi) is 6.33. The van der Waals surface area contributed by atoms with Crippen LogP contribution in [0, 0.1) is 0 Å². The monoisotopic (exact) mass is 496 g/mol. The number of carbonyl (C=O) groups excluding carboxylic acids is 1. The van der Waals surface area contributed by atoms with Crippen LogP contribution >= 0.6 is 15.9 Å². The van der Waals surface area contributed by atoms with E-state index in [9.17, 15) is 13.2 Å². The van der Waals surface area contributed by atoms with Gasteiger partial charge in [0.05, 0.1) is 25.1 Å². The standard InChI is InChI=1S/C21H25BrN2O5S/c1-21(2)12-17(15-10-9-14(28-3)11-19(15)29-21)23-20(25)13-24(30(4,26)27)18-8-6-5-7-16(18)22/h5-11,17H,12-13H2,1-4H3,(H,23,25). The van der Waals surface area contributed by atoms with E-state index in [0.29, 0.717) is 28.1 Å². The molecule has 9 heteroatoms. The molecule has 2 aromatic carbocycles. The molecule has 0 radical (unpaired) electrons. The minimum absolute atomic E-state index is 0.317. The molecule has 7 nitrogen and oxygen atoms in total. The van der Waals surface area contributed by atoms with Crippen LogP contribution in [0.5, 0.6) is 11.5 Å². The van der Waals surface area contributed by atoms with Gasteiger partial charge < -0.3 is 14.8 Å². The van der Waals surface area contributed by atoms with Crippen molar-refractivity contribution >= 4 is 37.5 Å². The molecule has 1 heterocycles. The number of hydrogen-bond acceptors (Lipinski definition) is 5. The highest BCUT2D eigenvalue weighted by Gasteiger charge is 2.35. The Morgan fingerprint density at radius 3 is 2.63 bits per heavy atom. The molecule has 0 spiro atoms. The number of amides is 1. The van der Waals surface area contributed by atoms with Crippen LogP contribution in [0.2, 0.25) is 0 Å². The zero-order chi connectivity index (χ0) is 22.1. The lowest BCUT2D eigenvalue weighted by Gasteiger charge is -2.38. The Hall–Kier alpha value is -2.26. The zero-order valence-corrected chi connectivity index (χ0v) is 19.7. The summed E-state index contributed by atoms with van der Waals surface area (Å²) < 4.78 is 37.7. The smallest absolute Gasteiger partial charge is 0.241 e. The predicted octanol–water partition coefficient (Wildman–Crippen LogP) is 3.64. The highest BCUT2D eigenvalue weighted by molar-refractivity contribution is 9.10. The van der Waals surface area contributed by atoms with Gasteiger partial charge in [-0.05, 0) is 54.0 Å². The largest absolute Gasteiger partial charge is 0.497 e. The lowest BCUT2D eigenvalue weighted by molar-refractivity contribution is -0.120. The summed E-state index contributed by atoms with van der Waals surface area (Å²) in [7, 11) is -2.09. The van der Waals surface area contributed by atoms with Gasteiger partial charge in [-0.3, -0.25) is 9.10 Å². The second-order valence-electron chi connectivity index (χ2n) is 7.81. The van der Waals surface area contributed by atoms with Crippen LogP contribution in [0.15, 0.2) is 46.9 Å². The molecule has 0 bridgehead atoms. The van der Waals surface area contributed by atoms with Crippen molar-refractivity contribution in [2.45, 2.75) is 31.9 Å². The van der Waals surface area contributed by atoms with Crippen molar-refractivity contribution in [3.05, 3.63) is 52.5 Å². The van der Waals surface area contributed by atoms with E-state index in [0.717, 1.165) is 16.1 Å². The first-order chi connectivity index (χ1) is 14.0. The summed E-state index contributed by atoms with van der Waals surface area (Å²) in [5.74, 6) is 0.899. The summed E-state index contributed by atoms with van der Waals surface area (Å²) in [6.45, 7) is 3.56. The summed E-state index contributed by atoms with van der Waals surface area (Å²) in [6, 6.07) is 12.0. The number of methoxy groups -OCH3 is 1. The van der Waals surface area contributed by atoms with E-state index in [1.807, 2.05) is 26.0 Å². The lowest BCUT2D eigenvalue weighted by atomic mass is 9.89. The summed E-state index contributed by atoms with van der Waals surface area (Å²) in [6.07, 6.45) is 1.63. The number of para-hydroxylation sites is 1. The fraction of sp³-hybridized carbons (Fsp3) is 0.381. The number of nitrogens with zero attached hydrogens (tertiary/aromatic N) is 1. The molecule has 1 amide bonds. The Bertz CT molecular complexity index is 1060. The van der Waals surface area contributed by atoms with Gasteiger partial charge in [0.25, 0.3) is 0 Å². The Balaban J connectivity index is 1.85. The van der Waals surface area contributed by atoms with E-state index in [1.165, 1.54) is 0 Å². The van der Waals surface area contributed by atoms with Gasteiger partial charge in [-0.15, -0.1) is 0 Å². The van der Waals surface area contributed by atoms with Gasteiger partial charge in [-0.2, -0.15) is 0 Å². The number of hydrogen-bond donors (Lipinski definition) is 1. The molecule has 1 unspecified atom stereocenters. The van der Waals surface area contributed by atoms with E-state index in [4.69, 9.17) is 9.47 Å². The Labute approximate surface area is 185 Å². The summed E-state index contributed by atoms with van der Waals surface area (Å²) in [5, 5.41) is 2.98. The molecule has 0 fully saturated rings. The van der Waals surface area contributed by atoms with Crippen molar-refractivity contribution in [2.75, 3.05) is 24.2 Å². The van der Waals surface area contributed by atoms with Gasteiger partial charge in [0.1, 0.15) is 23.6 Å². The SMILES string of the molecule is COc1ccc2c(c1)OC(C)(C)CC2NC(=O)CN(c1ccccc1Br)S(C)(=O)=O. The fourth-order valence-electron chi connectivity index (χ4n) is 3.49. The van der Waals surface area contributed by atoms with Crippen molar-refractivity contribution in [1.29, 1.82) is 0 Å². The molecule has 30 heavy (non-hydrogen) atoms. The fourth-order valence-corrected chi connectivity index (χ4v) is 4.98. The number of halogens is 1. The molecular weight excluding hydrogens is 472 g/mol. The van der Waals surface area contributed by atoms with E-state index >= 15 is 0 Å². The topological polar surface area (TPSA) is 84.9 Å². The molecule has 1 atom stereocenters. The predicted molar refractivity (Wildman–Crippen MR) is 120 cm³/mol. The number of benzene rings is 2. The van der Waals surface area contributed by atoms with Crippen LogP contribution in [0.25, 0.3) is 0 Å². The molecule has 3 rings (SSSR count). The van der Waals surface area contributed by atoms with Crippen molar-refractivity contribution < 1.29 is 22.7 Å². The maximum atomic E-state index is 12.9. The van der Waals surface area contributed by atoms with Gasteiger partial charge in [0.2, 0.25) is 15.9 Å². The minimum Gasteiger partial charge on any atom is -0.497 e. The van der Waals surface area contributed by atoms with Gasteiger partial charge in [0.15, 0.2) is 0 Å². The third-order valence-electron chi connectivity index (χ3n) is 4.82. The van der Waals surface area contributed by atoms with Crippen LogP contribution in [-0.4, -0.2) is 39.8 Å². The number of anilines is 1. The number of carbonyl (C=O) groups is 1. The normalized spacial score (nSPS) is 17.4. The highest BCUT2D eigenvalue weighted by atomic mass is 79.9. The van der Waals surface area contributed by atoms with Gasteiger partial charge in [0, 0.05) is 22.5 Å². The molecule has 162 valence electrons. The minimum atomic E-state index is -3.67. The summed E-state index contributed by atoms with van der Waals surface area (Å²) in [4.78, 5) is 12.9. The second-order valence-corrected chi connectivity index (χ2v) is 10.6. The number of fused-ring (bicyclic) bond motifs is 1. The molecule has 0 saturated carbocycles. The zero-order valence-electron chi connectivity index (χ0n) is 17.3. The number of ether oxygens (including phenoxy) is 2. The maximum Gasteiger partial charge on any atom is 0.241 e.